The zero-order valence-corrected chi connectivity index (χ0v) is 17.4. The molecule has 5 rings (SSSR count). The Morgan fingerprint density at radius 1 is 1.09 bits per heavy atom. The molecule has 0 saturated heterocycles. The summed E-state index contributed by atoms with van der Waals surface area (Å²) in [4.78, 5) is 0. The molecule has 8 nitrogen and oxygen atoms in total. The topological polar surface area (TPSA) is 126 Å². The van der Waals surface area contributed by atoms with Crippen LogP contribution in [0.2, 0.25) is 0 Å². The van der Waals surface area contributed by atoms with Crippen molar-refractivity contribution in [2.45, 2.75) is 6.54 Å². The molecule has 0 aliphatic heterocycles. The Kier molecular flexibility index (Phi) is 4.97. The number of nitrogens with zero attached hydrogens (tertiary/aromatic N) is 5. The van der Waals surface area contributed by atoms with E-state index in [4.69, 9.17) is 16.8 Å². The van der Waals surface area contributed by atoms with E-state index in [0.29, 0.717) is 34.7 Å². The van der Waals surface area contributed by atoms with Crippen LogP contribution in [-0.2, 0) is 6.54 Å². The minimum Gasteiger partial charge on any atom is -0.395 e. The average Bonchev–Trinajstić information content (AvgIpc) is 3.49. The number of hydrogen-bond acceptors (Lipinski definition) is 6. The fraction of sp³-hybridized carbons (Fsp3) is 0.0417. The van der Waals surface area contributed by atoms with Crippen LogP contribution in [0.25, 0.3) is 22.2 Å². The summed E-state index contributed by atoms with van der Waals surface area (Å²) in [5, 5.41) is 22.6. The highest BCUT2D eigenvalue weighted by Gasteiger charge is 2.17. The lowest BCUT2D eigenvalue weighted by molar-refractivity contribution is 0.632. The third kappa shape index (κ3) is 3.75. The van der Waals surface area contributed by atoms with Crippen LogP contribution in [0.4, 0.5) is 21.5 Å². The number of rotatable bonds is 5. The van der Waals surface area contributed by atoms with Crippen molar-refractivity contribution in [1.82, 2.24) is 20.0 Å². The fourth-order valence-electron chi connectivity index (χ4n) is 3.73. The summed E-state index contributed by atoms with van der Waals surface area (Å²) in [6.07, 6.45) is 3.36. The molecule has 2 heterocycles. The van der Waals surface area contributed by atoms with Gasteiger partial charge in [0.2, 0.25) is 0 Å². The molecule has 3 aromatic carbocycles. The van der Waals surface area contributed by atoms with Gasteiger partial charge in [0.15, 0.2) is 0 Å². The molecule has 0 unspecified atom stereocenters. The highest BCUT2D eigenvalue weighted by Crippen LogP contribution is 2.35. The van der Waals surface area contributed by atoms with Crippen LogP contribution in [0.1, 0.15) is 11.1 Å². The van der Waals surface area contributed by atoms with Gasteiger partial charge in [0.05, 0.1) is 52.6 Å². The van der Waals surface area contributed by atoms with E-state index in [1.165, 1.54) is 11.1 Å². The van der Waals surface area contributed by atoms with Gasteiger partial charge in [-0.05, 0) is 54.1 Å². The van der Waals surface area contributed by atoms with E-state index >= 15 is 0 Å². The SMILES string of the molecule is N#Cc1ccc(Cn2nccc2-c2cc(F)c(N)c(N(N)c3ccc4cn[nH]c4c3)c2)cc1. The molecular weight excluding hydrogens is 419 g/mol. The molecule has 0 aliphatic carbocycles. The first-order valence-electron chi connectivity index (χ1n) is 10.1. The van der Waals surface area contributed by atoms with Gasteiger partial charge in [0.1, 0.15) is 5.82 Å². The van der Waals surface area contributed by atoms with E-state index < -0.39 is 5.82 Å². The van der Waals surface area contributed by atoms with Gasteiger partial charge in [-0.2, -0.15) is 15.5 Å². The maximum Gasteiger partial charge on any atom is 0.148 e. The largest absolute Gasteiger partial charge is 0.395 e. The number of nitrogens with one attached hydrogen (secondary N) is 1. The average molecular weight is 438 g/mol. The van der Waals surface area contributed by atoms with E-state index in [1.54, 1.807) is 41.3 Å². The smallest absolute Gasteiger partial charge is 0.148 e. The summed E-state index contributed by atoms with van der Waals surface area (Å²) in [5.74, 6) is 5.78. The third-order valence-electron chi connectivity index (χ3n) is 5.50. The van der Waals surface area contributed by atoms with E-state index in [-0.39, 0.29) is 5.69 Å². The zero-order chi connectivity index (χ0) is 22.9. The molecule has 5 N–H and O–H groups in total. The molecule has 0 bridgehead atoms. The van der Waals surface area contributed by atoms with Crippen molar-refractivity contribution in [3.63, 3.8) is 0 Å². The van der Waals surface area contributed by atoms with E-state index in [2.05, 4.69) is 21.4 Å². The second-order valence-electron chi connectivity index (χ2n) is 7.59. The molecular formula is C24H19FN8. The summed E-state index contributed by atoms with van der Waals surface area (Å²) in [7, 11) is 0. The number of hydrazine groups is 1. The number of nitriles is 1. The molecule has 0 fully saturated rings. The molecule has 0 radical (unpaired) electrons. The van der Waals surface area contributed by atoms with E-state index in [9.17, 15) is 4.39 Å². The van der Waals surface area contributed by atoms with Crippen molar-refractivity contribution in [3.8, 4) is 17.3 Å². The van der Waals surface area contributed by atoms with Crippen molar-refractivity contribution >= 4 is 28.0 Å². The van der Waals surface area contributed by atoms with Gasteiger partial charge in [-0.25, -0.2) is 10.2 Å². The Bertz CT molecular complexity index is 1490. The Labute approximate surface area is 188 Å². The zero-order valence-electron chi connectivity index (χ0n) is 17.4. The molecule has 0 aliphatic rings. The summed E-state index contributed by atoms with van der Waals surface area (Å²) in [6, 6.07) is 19.8. The number of halogens is 1. The first-order chi connectivity index (χ1) is 16.0. The Hall–Kier alpha value is -4.68. The van der Waals surface area contributed by atoms with Gasteiger partial charge in [-0.1, -0.05) is 12.1 Å². The van der Waals surface area contributed by atoms with Gasteiger partial charge in [-0.15, -0.1) is 0 Å². The Morgan fingerprint density at radius 2 is 1.91 bits per heavy atom. The number of H-pyrrole nitrogens is 1. The Balaban J connectivity index is 1.51. The number of hydrogen-bond donors (Lipinski definition) is 3. The minimum absolute atomic E-state index is 0.0517. The summed E-state index contributed by atoms with van der Waals surface area (Å²) in [6.45, 7) is 0.457. The fourth-order valence-corrected chi connectivity index (χ4v) is 3.73. The highest BCUT2D eigenvalue weighted by atomic mass is 19.1. The van der Waals surface area contributed by atoms with Gasteiger partial charge in [-0.3, -0.25) is 14.8 Å². The molecule has 0 atom stereocenters. The van der Waals surface area contributed by atoms with Crippen LogP contribution in [-0.4, -0.2) is 20.0 Å². The third-order valence-corrected chi connectivity index (χ3v) is 5.50. The minimum atomic E-state index is -0.577. The number of aromatic nitrogens is 4. The van der Waals surface area contributed by atoms with Crippen molar-refractivity contribution < 1.29 is 4.39 Å². The van der Waals surface area contributed by atoms with Crippen LogP contribution in [0.15, 0.2) is 73.1 Å². The lowest BCUT2D eigenvalue weighted by Gasteiger charge is -2.22. The molecule has 2 aromatic heterocycles. The summed E-state index contributed by atoms with van der Waals surface area (Å²) < 4.78 is 16.6. The number of nitrogen functional groups attached to an aromatic ring is 1. The monoisotopic (exact) mass is 438 g/mol. The molecule has 0 saturated carbocycles. The number of aromatic amines is 1. The molecule has 0 spiro atoms. The lowest BCUT2D eigenvalue weighted by atomic mass is 10.1. The van der Waals surface area contributed by atoms with Gasteiger partial charge in [0.25, 0.3) is 0 Å². The normalized spacial score (nSPS) is 10.9. The number of nitrogens with two attached hydrogens (primary N) is 2. The Morgan fingerprint density at radius 3 is 2.70 bits per heavy atom. The molecule has 9 heteroatoms. The van der Waals surface area contributed by atoms with Crippen molar-refractivity contribution in [2.75, 3.05) is 10.7 Å². The van der Waals surface area contributed by atoms with Crippen LogP contribution in [0, 0.1) is 17.1 Å². The first-order valence-corrected chi connectivity index (χ1v) is 10.1. The second kappa shape index (κ2) is 8.11. The number of benzene rings is 3. The number of fused-ring (bicyclic) bond motifs is 1. The van der Waals surface area contributed by atoms with Crippen LogP contribution in [0.5, 0.6) is 0 Å². The van der Waals surface area contributed by atoms with Gasteiger partial charge >= 0.3 is 0 Å². The maximum absolute atomic E-state index is 14.9. The van der Waals surface area contributed by atoms with Gasteiger partial charge in [0, 0.05) is 17.1 Å². The molecule has 162 valence electrons. The lowest BCUT2D eigenvalue weighted by Crippen LogP contribution is -2.26. The summed E-state index contributed by atoms with van der Waals surface area (Å²) in [5.41, 5.74) is 10.6. The van der Waals surface area contributed by atoms with E-state index in [1.807, 2.05) is 30.3 Å². The van der Waals surface area contributed by atoms with Gasteiger partial charge < -0.3 is 5.73 Å². The number of anilines is 3. The maximum atomic E-state index is 14.9. The summed E-state index contributed by atoms with van der Waals surface area (Å²) >= 11 is 0. The second-order valence-corrected chi connectivity index (χ2v) is 7.59. The molecule has 33 heavy (non-hydrogen) atoms. The standard InChI is InChI=1S/C24H19FN8/c25-20-9-18(22-7-8-30-32(22)14-16-3-1-15(12-26)2-4-16)10-23(24(20)27)33(28)19-6-5-17-13-29-31-21(17)11-19/h1-11,13H,14,27-28H2,(H,29,31). The quantitative estimate of drug-likeness (QED) is 0.216. The van der Waals surface area contributed by atoms with Crippen LogP contribution < -0.4 is 16.6 Å². The first kappa shape index (κ1) is 20.2. The predicted octanol–water partition coefficient (Wildman–Crippen LogP) is 4.08. The molecule has 0 amide bonds. The molecule has 5 aromatic rings. The van der Waals surface area contributed by atoms with Crippen LogP contribution in [0.3, 0.4) is 0 Å². The van der Waals surface area contributed by atoms with Crippen molar-refractivity contribution in [3.05, 3.63) is 90.0 Å². The van der Waals surface area contributed by atoms with Crippen LogP contribution >= 0.6 is 0 Å². The predicted molar refractivity (Wildman–Crippen MR) is 125 cm³/mol. The van der Waals surface area contributed by atoms with E-state index in [0.717, 1.165) is 16.5 Å². The van der Waals surface area contributed by atoms with Crippen molar-refractivity contribution in [1.29, 1.82) is 5.26 Å². The van der Waals surface area contributed by atoms with Crippen molar-refractivity contribution in [2.24, 2.45) is 5.84 Å². The highest BCUT2D eigenvalue weighted by molar-refractivity contribution is 5.85.